The number of hydrogen-bond donors (Lipinski definition) is 0. The third-order valence-electron chi connectivity index (χ3n) is 1.32. The lowest BCUT2D eigenvalue weighted by atomic mass is 10.7. The molecule has 66 valence electrons. The van der Waals surface area contributed by atoms with Gasteiger partial charge in [-0.1, -0.05) is 0 Å². The molecule has 0 aliphatic heterocycles. The van der Waals surface area contributed by atoms with E-state index in [1.54, 1.807) is 0 Å². The molecule has 5 nitrogen and oxygen atoms in total. The number of sulfonamides is 1. The monoisotopic (exact) mass is 187 g/mol. The van der Waals surface area contributed by atoms with Crippen LogP contribution in [0.2, 0.25) is 0 Å². The zero-order valence-electron chi connectivity index (χ0n) is 6.80. The summed E-state index contributed by atoms with van der Waals surface area (Å²) < 4.78 is 23.9. The normalized spacial score (nSPS) is 11.9. The van der Waals surface area contributed by atoms with Gasteiger partial charge < -0.3 is 0 Å². The van der Waals surface area contributed by atoms with Crippen LogP contribution in [0, 0.1) is 0 Å². The van der Waals surface area contributed by atoms with E-state index >= 15 is 0 Å². The largest absolute Gasteiger partial charge is 0.245 e. The highest BCUT2D eigenvalue weighted by atomic mass is 32.2. The summed E-state index contributed by atoms with van der Waals surface area (Å²) in [6.45, 7) is 0. The number of rotatable bonds is 2. The molecule has 0 radical (unpaired) electrons. The van der Waals surface area contributed by atoms with Crippen molar-refractivity contribution < 1.29 is 8.42 Å². The van der Waals surface area contributed by atoms with Gasteiger partial charge in [0.25, 0.3) is 0 Å². The fourth-order valence-corrected chi connectivity index (χ4v) is 1.44. The van der Waals surface area contributed by atoms with Crippen molar-refractivity contribution in [3.05, 3.63) is 18.7 Å². The van der Waals surface area contributed by atoms with E-state index < -0.39 is 10.0 Å². The molecule has 0 atom stereocenters. The molecule has 0 saturated carbocycles. The molecule has 0 fully saturated rings. The lowest BCUT2D eigenvalue weighted by Gasteiger charge is -2.09. The van der Waals surface area contributed by atoms with Gasteiger partial charge in [0.05, 0.1) is 12.4 Å². The Labute approximate surface area is 71.1 Å². The van der Waals surface area contributed by atoms with E-state index in [2.05, 4.69) is 9.97 Å². The maximum absolute atomic E-state index is 11.4. The summed E-state index contributed by atoms with van der Waals surface area (Å²) in [5, 5.41) is 0. The van der Waals surface area contributed by atoms with Gasteiger partial charge in [-0.05, 0) is 0 Å². The first-order valence-electron chi connectivity index (χ1n) is 3.22. The maximum atomic E-state index is 11.4. The van der Waals surface area contributed by atoms with Crippen LogP contribution in [-0.2, 0) is 10.0 Å². The molecule has 0 N–H and O–H groups in total. The van der Waals surface area contributed by atoms with E-state index in [0.717, 1.165) is 4.31 Å². The van der Waals surface area contributed by atoms with Crippen LogP contribution in [0.15, 0.2) is 23.6 Å². The second-order valence-corrected chi connectivity index (χ2v) is 4.51. The van der Waals surface area contributed by atoms with E-state index in [0.29, 0.717) is 0 Å². The Morgan fingerprint density at radius 2 is 1.75 bits per heavy atom. The molecule has 0 spiro atoms. The van der Waals surface area contributed by atoms with Crippen LogP contribution in [0.4, 0.5) is 0 Å². The van der Waals surface area contributed by atoms with Gasteiger partial charge in [-0.2, -0.15) is 0 Å². The minimum Gasteiger partial charge on any atom is -0.243 e. The second kappa shape index (κ2) is 3.16. The van der Waals surface area contributed by atoms with Gasteiger partial charge in [0.15, 0.2) is 0 Å². The summed E-state index contributed by atoms with van der Waals surface area (Å²) >= 11 is 0. The number of hydrogen-bond acceptors (Lipinski definition) is 4. The van der Waals surface area contributed by atoms with Crippen LogP contribution in [-0.4, -0.2) is 36.8 Å². The van der Waals surface area contributed by atoms with Crippen molar-refractivity contribution in [3.63, 3.8) is 0 Å². The van der Waals surface area contributed by atoms with Crippen molar-refractivity contribution >= 4 is 10.0 Å². The Hall–Kier alpha value is -1.01. The highest BCUT2D eigenvalue weighted by molar-refractivity contribution is 7.89. The van der Waals surface area contributed by atoms with Crippen molar-refractivity contribution in [2.45, 2.75) is 4.90 Å². The van der Waals surface area contributed by atoms with Crippen molar-refractivity contribution in [2.75, 3.05) is 14.1 Å². The zero-order valence-corrected chi connectivity index (χ0v) is 7.61. The van der Waals surface area contributed by atoms with Gasteiger partial charge >= 0.3 is 0 Å². The highest BCUT2D eigenvalue weighted by Crippen LogP contribution is 2.08. The van der Waals surface area contributed by atoms with Crippen molar-refractivity contribution in [1.29, 1.82) is 0 Å². The summed E-state index contributed by atoms with van der Waals surface area (Å²) in [5.74, 6) is 0. The van der Waals surface area contributed by atoms with Crippen molar-refractivity contribution in [2.24, 2.45) is 0 Å². The molecule has 0 saturated heterocycles. The Bertz CT molecular complexity index is 346. The molecule has 1 rings (SSSR count). The van der Waals surface area contributed by atoms with E-state index in [1.165, 1.54) is 32.8 Å². The molecule has 0 unspecified atom stereocenters. The van der Waals surface area contributed by atoms with Gasteiger partial charge in [-0.15, -0.1) is 0 Å². The Balaban J connectivity index is 3.17. The molecule has 0 aliphatic carbocycles. The van der Waals surface area contributed by atoms with Gasteiger partial charge in [0.1, 0.15) is 11.2 Å². The van der Waals surface area contributed by atoms with Crippen molar-refractivity contribution in [1.82, 2.24) is 14.3 Å². The molecule has 0 amide bonds. The molecular weight excluding hydrogens is 178 g/mol. The molecule has 1 aromatic rings. The zero-order chi connectivity index (χ0) is 9.19. The Kier molecular flexibility index (Phi) is 2.39. The molecule has 1 aromatic heterocycles. The van der Waals surface area contributed by atoms with Crippen LogP contribution in [0.5, 0.6) is 0 Å². The van der Waals surface area contributed by atoms with Crippen molar-refractivity contribution in [3.8, 4) is 0 Å². The number of nitrogens with zero attached hydrogens (tertiary/aromatic N) is 3. The summed E-state index contributed by atoms with van der Waals surface area (Å²) in [7, 11) is -0.447. The van der Waals surface area contributed by atoms with Crippen LogP contribution in [0.1, 0.15) is 0 Å². The van der Waals surface area contributed by atoms with Crippen LogP contribution < -0.4 is 0 Å². The minimum atomic E-state index is -3.37. The summed E-state index contributed by atoms with van der Waals surface area (Å²) in [6, 6.07) is 0. The molecule has 12 heavy (non-hydrogen) atoms. The molecule has 1 heterocycles. The lowest BCUT2D eigenvalue weighted by Crippen LogP contribution is -2.22. The maximum Gasteiger partial charge on any atom is 0.245 e. The highest BCUT2D eigenvalue weighted by Gasteiger charge is 2.16. The second-order valence-electron chi connectivity index (χ2n) is 2.36. The topological polar surface area (TPSA) is 63.2 Å². The summed E-state index contributed by atoms with van der Waals surface area (Å²) in [5.41, 5.74) is 0. The third kappa shape index (κ3) is 1.59. The molecule has 0 aliphatic rings. The Morgan fingerprint density at radius 3 is 2.17 bits per heavy atom. The predicted octanol–water partition coefficient (Wildman–Crippen LogP) is -0.273. The van der Waals surface area contributed by atoms with E-state index in [4.69, 9.17) is 0 Å². The first-order valence-corrected chi connectivity index (χ1v) is 4.66. The first kappa shape index (κ1) is 9.08. The average molecular weight is 187 g/mol. The van der Waals surface area contributed by atoms with Gasteiger partial charge in [0.2, 0.25) is 10.0 Å². The standard InChI is InChI=1S/C6H9N3O2S/c1-9(2)12(10,11)6-3-7-5-8-4-6/h3-5H,1-2H3. The lowest BCUT2D eigenvalue weighted by molar-refractivity contribution is 0.520. The smallest absolute Gasteiger partial charge is 0.243 e. The first-order chi connectivity index (χ1) is 5.55. The predicted molar refractivity (Wildman–Crippen MR) is 42.9 cm³/mol. The fraction of sp³-hybridized carbons (Fsp3) is 0.333. The van der Waals surface area contributed by atoms with Gasteiger partial charge in [0, 0.05) is 14.1 Å². The molecule has 0 bridgehead atoms. The minimum absolute atomic E-state index is 0.106. The summed E-state index contributed by atoms with van der Waals surface area (Å²) in [6.07, 6.45) is 3.82. The van der Waals surface area contributed by atoms with Crippen LogP contribution >= 0.6 is 0 Å². The number of aromatic nitrogens is 2. The summed E-state index contributed by atoms with van der Waals surface area (Å²) in [4.78, 5) is 7.34. The third-order valence-corrected chi connectivity index (χ3v) is 3.08. The SMILES string of the molecule is CN(C)S(=O)(=O)c1cncnc1. The van der Waals surface area contributed by atoms with E-state index in [1.807, 2.05) is 0 Å². The molecular formula is C6H9N3O2S. The van der Waals surface area contributed by atoms with E-state index in [-0.39, 0.29) is 4.90 Å². The molecule has 6 heteroatoms. The Morgan fingerprint density at radius 1 is 1.25 bits per heavy atom. The molecule has 0 aromatic carbocycles. The van der Waals surface area contributed by atoms with E-state index in [9.17, 15) is 8.42 Å². The van der Waals surface area contributed by atoms with Crippen LogP contribution in [0.3, 0.4) is 0 Å². The van der Waals surface area contributed by atoms with Crippen LogP contribution in [0.25, 0.3) is 0 Å². The quantitative estimate of drug-likeness (QED) is 0.639. The fourth-order valence-electron chi connectivity index (χ4n) is 0.629. The van der Waals surface area contributed by atoms with Gasteiger partial charge in [-0.3, -0.25) is 0 Å². The average Bonchev–Trinajstić information content (AvgIpc) is 2.06. The van der Waals surface area contributed by atoms with Gasteiger partial charge in [-0.25, -0.2) is 22.7 Å².